The molecule has 1 N–H and O–H groups in total. The molecule has 0 saturated carbocycles. The highest BCUT2D eigenvalue weighted by Crippen LogP contribution is 2.27. The van der Waals surface area contributed by atoms with Crippen LogP contribution in [0.25, 0.3) is 0 Å². The van der Waals surface area contributed by atoms with Crippen molar-refractivity contribution < 1.29 is 0 Å². The first-order valence-electron chi connectivity index (χ1n) is 4.92. The Bertz CT molecular complexity index is 444. The summed E-state index contributed by atoms with van der Waals surface area (Å²) >= 11 is 1.78. The predicted octanol–water partition coefficient (Wildman–Crippen LogP) is 2.10. The summed E-state index contributed by atoms with van der Waals surface area (Å²) in [6.07, 6.45) is 3.97. The highest BCUT2D eigenvalue weighted by Gasteiger charge is 2.16. The van der Waals surface area contributed by atoms with Gasteiger partial charge in [-0.25, -0.2) is 0 Å². The van der Waals surface area contributed by atoms with Crippen LogP contribution in [0, 0.1) is 6.92 Å². The van der Waals surface area contributed by atoms with E-state index in [1.165, 1.54) is 16.0 Å². The van der Waals surface area contributed by atoms with Crippen molar-refractivity contribution in [3.8, 4) is 0 Å². The SMILES string of the molecule is CNC(c1cnn(C)c1)c1ccsc1C. The van der Waals surface area contributed by atoms with Crippen LogP contribution < -0.4 is 5.32 Å². The molecule has 1 unspecified atom stereocenters. The molecule has 4 heteroatoms. The van der Waals surface area contributed by atoms with Crippen LogP contribution in [0.4, 0.5) is 0 Å². The summed E-state index contributed by atoms with van der Waals surface area (Å²) in [6.45, 7) is 2.15. The van der Waals surface area contributed by atoms with Gasteiger partial charge in [0, 0.05) is 23.7 Å². The van der Waals surface area contributed by atoms with Gasteiger partial charge in [0.1, 0.15) is 0 Å². The molecule has 0 aliphatic heterocycles. The fraction of sp³-hybridized carbons (Fsp3) is 0.364. The zero-order valence-corrected chi connectivity index (χ0v) is 10.0. The molecule has 0 bridgehead atoms. The lowest BCUT2D eigenvalue weighted by Gasteiger charge is -2.14. The molecule has 0 fully saturated rings. The van der Waals surface area contributed by atoms with Crippen LogP contribution in [0.15, 0.2) is 23.8 Å². The molecule has 0 saturated heterocycles. The highest BCUT2D eigenvalue weighted by molar-refractivity contribution is 7.10. The number of thiophene rings is 1. The quantitative estimate of drug-likeness (QED) is 0.860. The number of nitrogens with zero attached hydrogens (tertiary/aromatic N) is 2. The number of nitrogens with one attached hydrogen (secondary N) is 1. The molecule has 0 spiro atoms. The summed E-state index contributed by atoms with van der Waals surface area (Å²) in [4.78, 5) is 1.36. The van der Waals surface area contributed by atoms with Gasteiger partial charge in [-0.05, 0) is 31.0 Å². The smallest absolute Gasteiger partial charge is 0.0616 e. The number of hydrogen-bond donors (Lipinski definition) is 1. The van der Waals surface area contributed by atoms with Crippen LogP contribution in [0.5, 0.6) is 0 Å². The predicted molar refractivity (Wildman–Crippen MR) is 63.2 cm³/mol. The molecule has 3 nitrogen and oxygen atoms in total. The molecule has 0 radical (unpaired) electrons. The number of rotatable bonds is 3. The second kappa shape index (κ2) is 4.16. The largest absolute Gasteiger partial charge is 0.309 e. The number of hydrogen-bond acceptors (Lipinski definition) is 3. The molecule has 0 aliphatic rings. The van der Waals surface area contributed by atoms with Crippen molar-refractivity contribution in [1.29, 1.82) is 0 Å². The van der Waals surface area contributed by atoms with E-state index in [1.54, 1.807) is 11.3 Å². The van der Waals surface area contributed by atoms with Gasteiger partial charge in [-0.3, -0.25) is 4.68 Å². The zero-order chi connectivity index (χ0) is 10.8. The van der Waals surface area contributed by atoms with E-state index in [0.29, 0.717) is 0 Å². The summed E-state index contributed by atoms with van der Waals surface area (Å²) in [6, 6.07) is 2.43. The maximum Gasteiger partial charge on any atom is 0.0616 e. The molecule has 15 heavy (non-hydrogen) atoms. The van der Waals surface area contributed by atoms with Crippen molar-refractivity contribution in [3.05, 3.63) is 39.8 Å². The number of aromatic nitrogens is 2. The van der Waals surface area contributed by atoms with Crippen LogP contribution in [0.2, 0.25) is 0 Å². The molecular weight excluding hydrogens is 206 g/mol. The Morgan fingerprint density at radius 1 is 1.53 bits per heavy atom. The van der Waals surface area contributed by atoms with Gasteiger partial charge >= 0.3 is 0 Å². The van der Waals surface area contributed by atoms with Crippen molar-refractivity contribution in [3.63, 3.8) is 0 Å². The van der Waals surface area contributed by atoms with E-state index in [9.17, 15) is 0 Å². The van der Waals surface area contributed by atoms with Crippen molar-refractivity contribution in [2.45, 2.75) is 13.0 Å². The van der Waals surface area contributed by atoms with Gasteiger partial charge in [0.25, 0.3) is 0 Å². The van der Waals surface area contributed by atoms with E-state index in [2.05, 4.69) is 35.0 Å². The first kappa shape index (κ1) is 10.4. The molecule has 2 aromatic rings. The van der Waals surface area contributed by atoms with E-state index >= 15 is 0 Å². The van der Waals surface area contributed by atoms with E-state index in [-0.39, 0.29) is 6.04 Å². The van der Waals surface area contributed by atoms with E-state index in [1.807, 2.05) is 25.0 Å². The van der Waals surface area contributed by atoms with Crippen LogP contribution >= 0.6 is 11.3 Å². The normalized spacial score (nSPS) is 13.0. The van der Waals surface area contributed by atoms with Crippen molar-refractivity contribution in [1.82, 2.24) is 15.1 Å². The molecule has 80 valence electrons. The van der Waals surface area contributed by atoms with Gasteiger partial charge in [-0.2, -0.15) is 5.10 Å². The zero-order valence-electron chi connectivity index (χ0n) is 9.19. The Balaban J connectivity index is 2.36. The van der Waals surface area contributed by atoms with E-state index < -0.39 is 0 Å². The maximum atomic E-state index is 4.21. The Morgan fingerprint density at radius 2 is 2.33 bits per heavy atom. The van der Waals surface area contributed by atoms with Crippen molar-refractivity contribution in [2.75, 3.05) is 7.05 Å². The van der Waals surface area contributed by atoms with Gasteiger partial charge in [0.05, 0.1) is 12.2 Å². The average molecular weight is 221 g/mol. The van der Waals surface area contributed by atoms with Gasteiger partial charge in [-0.1, -0.05) is 0 Å². The Morgan fingerprint density at radius 3 is 2.80 bits per heavy atom. The second-order valence-electron chi connectivity index (χ2n) is 3.60. The lowest BCUT2D eigenvalue weighted by atomic mass is 10.0. The summed E-state index contributed by atoms with van der Waals surface area (Å²) in [5.74, 6) is 0. The molecule has 2 aromatic heterocycles. The molecule has 0 aromatic carbocycles. The third kappa shape index (κ3) is 1.96. The highest BCUT2D eigenvalue weighted by atomic mass is 32.1. The molecule has 0 amide bonds. The van der Waals surface area contributed by atoms with Gasteiger partial charge in [0.2, 0.25) is 0 Å². The summed E-state index contributed by atoms with van der Waals surface area (Å²) in [5, 5.41) is 9.66. The minimum atomic E-state index is 0.255. The van der Waals surface area contributed by atoms with Crippen molar-refractivity contribution in [2.24, 2.45) is 7.05 Å². The average Bonchev–Trinajstić information content (AvgIpc) is 2.79. The standard InChI is InChI=1S/C11H15N3S/c1-8-10(4-5-15-8)11(12-2)9-6-13-14(3)7-9/h4-7,11-12H,1-3H3. The fourth-order valence-corrected chi connectivity index (χ4v) is 2.53. The lowest BCUT2D eigenvalue weighted by molar-refractivity contribution is 0.688. The molecule has 2 heterocycles. The van der Waals surface area contributed by atoms with E-state index in [0.717, 1.165) is 0 Å². The topological polar surface area (TPSA) is 29.9 Å². The summed E-state index contributed by atoms with van der Waals surface area (Å²) < 4.78 is 1.83. The third-order valence-electron chi connectivity index (χ3n) is 2.56. The van der Waals surface area contributed by atoms with Crippen LogP contribution in [0.1, 0.15) is 22.0 Å². The van der Waals surface area contributed by atoms with Crippen molar-refractivity contribution >= 4 is 11.3 Å². The summed E-state index contributed by atoms with van der Waals surface area (Å²) in [7, 11) is 3.92. The molecular formula is C11H15N3S. The first-order chi connectivity index (χ1) is 7.22. The Kier molecular flexibility index (Phi) is 2.88. The minimum absolute atomic E-state index is 0.255. The molecule has 1 atom stereocenters. The first-order valence-corrected chi connectivity index (χ1v) is 5.80. The Labute approximate surface area is 93.7 Å². The lowest BCUT2D eigenvalue weighted by Crippen LogP contribution is -2.17. The van der Waals surface area contributed by atoms with Gasteiger partial charge in [0.15, 0.2) is 0 Å². The molecule has 0 aliphatic carbocycles. The minimum Gasteiger partial charge on any atom is -0.309 e. The fourth-order valence-electron chi connectivity index (χ4n) is 1.79. The van der Waals surface area contributed by atoms with Crippen LogP contribution in [-0.2, 0) is 7.05 Å². The van der Waals surface area contributed by atoms with Gasteiger partial charge < -0.3 is 5.32 Å². The second-order valence-corrected chi connectivity index (χ2v) is 4.72. The maximum absolute atomic E-state index is 4.21. The van der Waals surface area contributed by atoms with Crippen LogP contribution in [-0.4, -0.2) is 16.8 Å². The third-order valence-corrected chi connectivity index (χ3v) is 3.42. The Hall–Kier alpha value is -1.13. The van der Waals surface area contributed by atoms with E-state index in [4.69, 9.17) is 0 Å². The molecule has 2 rings (SSSR count). The van der Waals surface area contributed by atoms with Gasteiger partial charge in [-0.15, -0.1) is 11.3 Å². The summed E-state index contributed by atoms with van der Waals surface area (Å²) in [5.41, 5.74) is 2.55. The number of aryl methyl sites for hydroxylation is 2. The van der Waals surface area contributed by atoms with Crippen LogP contribution in [0.3, 0.4) is 0 Å². The monoisotopic (exact) mass is 221 g/mol.